The Labute approximate surface area is 168 Å². The molecule has 0 aliphatic carbocycles. The van der Waals surface area contributed by atoms with Crippen molar-refractivity contribution in [3.8, 4) is 12.3 Å². The second-order valence-corrected chi connectivity index (χ2v) is 6.68. The smallest absolute Gasteiger partial charge is 0.272 e. The van der Waals surface area contributed by atoms with Crippen molar-refractivity contribution in [3.05, 3.63) is 64.7 Å². The zero-order chi connectivity index (χ0) is 19.4. The number of hydrogen-bond donors (Lipinski definition) is 2. The topological polar surface area (TPSA) is 56.7 Å². The van der Waals surface area contributed by atoms with Gasteiger partial charge in [0.15, 0.2) is 5.11 Å². The van der Waals surface area contributed by atoms with Gasteiger partial charge in [0, 0.05) is 23.2 Å². The number of carbonyl (C=O) groups is 1. The number of halogens is 1. The fourth-order valence-electron chi connectivity index (χ4n) is 2.77. The summed E-state index contributed by atoms with van der Waals surface area (Å²) in [6.45, 7) is 0.258. The number of benzene rings is 2. The lowest BCUT2D eigenvalue weighted by Crippen LogP contribution is -2.49. The Hall–Kier alpha value is -2.88. The molecule has 1 aliphatic heterocycles. The van der Waals surface area contributed by atoms with Crippen molar-refractivity contribution in [2.24, 2.45) is 4.99 Å². The van der Waals surface area contributed by atoms with Crippen LogP contribution in [0.25, 0.3) is 0 Å². The molecule has 7 heteroatoms. The molecule has 1 amide bonds. The predicted molar refractivity (Wildman–Crippen MR) is 113 cm³/mol. The highest BCUT2D eigenvalue weighted by Crippen LogP contribution is 2.29. The van der Waals surface area contributed by atoms with Crippen molar-refractivity contribution in [2.75, 3.05) is 18.5 Å². The van der Waals surface area contributed by atoms with Gasteiger partial charge in [0.25, 0.3) is 5.91 Å². The maximum atomic E-state index is 13.0. The summed E-state index contributed by atoms with van der Waals surface area (Å²) < 4.78 is 0. The number of fused-ring (bicyclic) bond motifs is 1. The minimum atomic E-state index is -0.894. The highest BCUT2D eigenvalue weighted by atomic mass is 35.5. The van der Waals surface area contributed by atoms with Gasteiger partial charge in [0.1, 0.15) is 0 Å². The Morgan fingerprint density at radius 2 is 2.07 bits per heavy atom. The van der Waals surface area contributed by atoms with E-state index in [4.69, 9.17) is 30.2 Å². The number of nitrogens with zero attached hydrogens (tertiary/aromatic N) is 2. The lowest BCUT2D eigenvalue weighted by Gasteiger charge is -2.21. The molecule has 1 heterocycles. The van der Waals surface area contributed by atoms with E-state index < -0.39 is 6.17 Å². The third kappa shape index (κ3) is 4.11. The lowest BCUT2D eigenvalue weighted by atomic mass is 10.0. The number of terminal acetylenes is 1. The number of carbonyl (C=O) groups excluding carboxylic acids is 1. The van der Waals surface area contributed by atoms with Crippen LogP contribution in [0.4, 0.5) is 5.69 Å². The van der Waals surface area contributed by atoms with Crippen LogP contribution in [0.15, 0.2) is 53.5 Å². The molecule has 0 saturated carbocycles. The molecular weight excluding hydrogens is 380 g/mol. The lowest BCUT2D eigenvalue weighted by molar-refractivity contribution is -0.119. The van der Waals surface area contributed by atoms with Crippen molar-refractivity contribution < 1.29 is 4.79 Å². The minimum Gasteiger partial charge on any atom is -0.352 e. The first kappa shape index (κ1) is 18.9. The van der Waals surface area contributed by atoms with Crippen molar-refractivity contribution in [1.82, 2.24) is 10.6 Å². The number of hydrogen-bond acceptors (Lipinski definition) is 3. The SMILES string of the molecule is C#CCNC(=S)NC1N=C(c2ccccc2)c2cc(Cl)ccc2N(C)C1=O. The van der Waals surface area contributed by atoms with Crippen LogP contribution in [0.5, 0.6) is 0 Å². The summed E-state index contributed by atoms with van der Waals surface area (Å²) >= 11 is 11.4. The maximum absolute atomic E-state index is 13.0. The number of rotatable bonds is 3. The second-order valence-electron chi connectivity index (χ2n) is 5.84. The number of likely N-dealkylation sites (N-methyl/N-ethyl adjacent to an activating group) is 1. The number of aliphatic imine (C=N–C) groups is 1. The molecular formula is C20H17ClN4OS. The van der Waals surface area contributed by atoms with Gasteiger partial charge in [-0.25, -0.2) is 4.99 Å². The van der Waals surface area contributed by atoms with Gasteiger partial charge in [-0.2, -0.15) is 0 Å². The molecule has 0 saturated heterocycles. The molecule has 136 valence electrons. The minimum absolute atomic E-state index is 0.241. The Morgan fingerprint density at radius 3 is 2.78 bits per heavy atom. The number of benzodiazepines with no additional fused rings is 1. The number of nitrogens with one attached hydrogen (secondary N) is 2. The standard InChI is InChI=1S/C20H17ClN4OS/c1-3-11-22-20(27)24-18-19(26)25(2)16-10-9-14(21)12-15(16)17(23-18)13-7-5-4-6-8-13/h1,4-10,12,18H,11H2,2H3,(H2,22,24,27). The fraction of sp³-hybridized carbons (Fsp3) is 0.150. The van der Waals surface area contributed by atoms with Gasteiger partial charge in [0.05, 0.1) is 17.9 Å². The largest absolute Gasteiger partial charge is 0.352 e. The number of anilines is 1. The molecule has 0 fully saturated rings. The van der Waals surface area contributed by atoms with Gasteiger partial charge in [-0.1, -0.05) is 47.9 Å². The summed E-state index contributed by atoms with van der Waals surface area (Å²) in [7, 11) is 1.70. The first-order valence-corrected chi connectivity index (χ1v) is 8.98. The van der Waals surface area contributed by atoms with Crippen LogP contribution in [0, 0.1) is 12.3 Å². The molecule has 0 bridgehead atoms. The van der Waals surface area contributed by atoms with E-state index in [0.717, 1.165) is 16.8 Å². The summed E-state index contributed by atoms with van der Waals surface area (Å²) in [4.78, 5) is 19.2. The summed E-state index contributed by atoms with van der Waals surface area (Å²) in [5.74, 6) is 2.20. The third-order valence-corrected chi connectivity index (χ3v) is 4.56. The molecule has 2 aromatic rings. The Morgan fingerprint density at radius 1 is 1.33 bits per heavy atom. The summed E-state index contributed by atoms with van der Waals surface area (Å²) in [5, 5.41) is 6.61. The van der Waals surface area contributed by atoms with Crippen LogP contribution in [0.3, 0.4) is 0 Å². The van der Waals surface area contributed by atoms with Crippen molar-refractivity contribution in [3.63, 3.8) is 0 Å². The zero-order valence-electron chi connectivity index (χ0n) is 14.6. The van der Waals surface area contributed by atoms with E-state index in [0.29, 0.717) is 10.7 Å². The molecule has 1 atom stereocenters. The molecule has 2 N–H and O–H groups in total. The average molecular weight is 397 g/mol. The van der Waals surface area contributed by atoms with E-state index in [-0.39, 0.29) is 17.6 Å². The van der Waals surface area contributed by atoms with Gasteiger partial charge >= 0.3 is 0 Å². The van der Waals surface area contributed by atoms with Gasteiger partial charge in [-0.3, -0.25) is 4.79 Å². The van der Waals surface area contributed by atoms with Crippen molar-refractivity contribution >= 4 is 46.2 Å². The Balaban J connectivity index is 2.10. The third-order valence-electron chi connectivity index (χ3n) is 4.06. The quantitative estimate of drug-likeness (QED) is 0.618. The van der Waals surface area contributed by atoms with Gasteiger partial charge in [-0.05, 0) is 30.4 Å². The van der Waals surface area contributed by atoms with Crippen LogP contribution in [-0.4, -0.2) is 36.5 Å². The molecule has 0 spiro atoms. The molecule has 3 rings (SSSR count). The van der Waals surface area contributed by atoms with Crippen LogP contribution in [-0.2, 0) is 4.79 Å². The number of amides is 1. The zero-order valence-corrected chi connectivity index (χ0v) is 16.1. The summed E-state index contributed by atoms with van der Waals surface area (Å²) in [6, 6.07) is 15.0. The maximum Gasteiger partial charge on any atom is 0.272 e. The molecule has 5 nitrogen and oxygen atoms in total. The van der Waals surface area contributed by atoms with Crippen LogP contribution in [0.1, 0.15) is 11.1 Å². The molecule has 1 unspecified atom stereocenters. The molecule has 2 aromatic carbocycles. The monoisotopic (exact) mass is 396 g/mol. The van der Waals surface area contributed by atoms with E-state index >= 15 is 0 Å². The predicted octanol–water partition coefficient (Wildman–Crippen LogP) is 2.58. The van der Waals surface area contributed by atoms with Crippen molar-refractivity contribution in [1.29, 1.82) is 0 Å². The normalized spacial score (nSPS) is 15.9. The van der Waals surface area contributed by atoms with E-state index in [9.17, 15) is 4.79 Å². The highest BCUT2D eigenvalue weighted by molar-refractivity contribution is 7.80. The van der Waals surface area contributed by atoms with Crippen molar-refractivity contribution in [2.45, 2.75) is 6.17 Å². The van der Waals surface area contributed by atoms with E-state index in [1.165, 1.54) is 0 Å². The molecule has 1 aliphatic rings. The van der Waals surface area contributed by atoms with Crippen LogP contribution >= 0.6 is 23.8 Å². The average Bonchev–Trinajstić information content (AvgIpc) is 2.77. The first-order chi connectivity index (χ1) is 13.0. The molecule has 0 radical (unpaired) electrons. The van der Waals surface area contributed by atoms with E-state index in [1.807, 2.05) is 42.5 Å². The molecule has 27 heavy (non-hydrogen) atoms. The first-order valence-electron chi connectivity index (χ1n) is 8.20. The summed E-state index contributed by atoms with van der Waals surface area (Å²) in [5.41, 5.74) is 3.02. The van der Waals surface area contributed by atoms with Crippen LogP contribution in [0.2, 0.25) is 5.02 Å². The van der Waals surface area contributed by atoms with Gasteiger partial charge < -0.3 is 15.5 Å². The second kappa shape index (κ2) is 8.21. The van der Waals surface area contributed by atoms with Gasteiger partial charge in [0.2, 0.25) is 6.17 Å². The highest BCUT2D eigenvalue weighted by Gasteiger charge is 2.30. The molecule has 0 aromatic heterocycles. The van der Waals surface area contributed by atoms with Crippen LogP contribution < -0.4 is 15.5 Å². The Kier molecular flexibility index (Phi) is 5.75. The van der Waals surface area contributed by atoms with E-state index in [2.05, 4.69) is 21.5 Å². The Bertz CT molecular complexity index is 952. The summed E-state index contributed by atoms with van der Waals surface area (Å²) in [6.07, 6.45) is 4.34. The van der Waals surface area contributed by atoms with E-state index in [1.54, 1.807) is 18.0 Å². The number of thiocarbonyl (C=S) groups is 1. The fourth-order valence-corrected chi connectivity index (χ4v) is 3.13. The van der Waals surface area contributed by atoms with Gasteiger partial charge in [-0.15, -0.1) is 6.42 Å².